The number of carbonyl (C=O) groups is 2. The fraction of sp³-hybridized carbons (Fsp3) is 0.300. The van der Waals surface area contributed by atoms with Crippen LogP contribution in [0.15, 0.2) is 42.5 Å². The number of hydrogen-bond acceptors (Lipinski definition) is 2. The van der Waals surface area contributed by atoms with Gasteiger partial charge in [0.25, 0.3) is 0 Å². The second-order valence-corrected chi connectivity index (χ2v) is 6.28. The number of nitrogens with one attached hydrogen (secondary N) is 1. The van der Waals surface area contributed by atoms with Crippen molar-refractivity contribution < 1.29 is 14.0 Å². The zero-order chi connectivity index (χ0) is 17.8. The molecule has 0 aromatic heterocycles. The first-order valence-electron chi connectivity index (χ1n) is 8.43. The molecule has 3 rings (SSSR count). The molecule has 2 aromatic carbocycles. The van der Waals surface area contributed by atoms with Crippen LogP contribution in [0.3, 0.4) is 0 Å². The molecule has 0 radical (unpaired) electrons. The van der Waals surface area contributed by atoms with Crippen LogP contribution in [0.2, 0.25) is 0 Å². The predicted octanol–water partition coefficient (Wildman–Crippen LogP) is 2.64. The van der Waals surface area contributed by atoms with Gasteiger partial charge in [-0.05, 0) is 41.7 Å². The van der Waals surface area contributed by atoms with Crippen LogP contribution in [0.1, 0.15) is 23.1 Å². The number of fused-ring (bicyclic) bond motifs is 1. The molecule has 130 valence electrons. The highest BCUT2D eigenvalue weighted by Gasteiger charge is 2.20. The average molecular weight is 340 g/mol. The van der Waals surface area contributed by atoms with Crippen LogP contribution >= 0.6 is 0 Å². The van der Waals surface area contributed by atoms with Crippen molar-refractivity contribution in [2.75, 3.05) is 18.5 Å². The standard InChI is InChI=1S/C20H21FN2O2/c1-23-18-8-6-14(12-16(18)7-9-20(23)25)10-11-22-19(24)13-15-4-2-3-5-17(15)21/h2-6,8,12H,7,9-11,13H2,1H3,(H,22,24). The van der Waals surface area contributed by atoms with Crippen LogP contribution in [-0.4, -0.2) is 25.4 Å². The van der Waals surface area contributed by atoms with E-state index in [0.29, 0.717) is 24.9 Å². The fourth-order valence-electron chi connectivity index (χ4n) is 3.09. The van der Waals surface area contributed by atoms with Crippen LogP contribution in [-0.2, 0) is 28.9 Å². The van der Waals surface area contributed by atoms with Crippen molar-refractivity contribution in [2.45, 2.75) is 25.7 Å². The monoisotopic (exact) mass is 340 g/mol. The molecule has 1 aliphatic rings. The predicted molar refractivity (Wildman–Crippen MR) is 95.0 cm³/mol. The molecule has 2 aromatic rings. The van der Waals surface area contributed by atoms with E-state index in [1.165, 1.54) is 6.07 Å². The minimum atomic E-state index is -0.356. The number of amides is 2. The van der Waals surface area contributed by atoms with Gasteiger partial charge in [0.1, 0.15) is 5.82 Å². The van der Waals surface area contributed by atoms with Gasteiger partial charge in [-0.15, -0.1) is 0 Å². The molecule has 1 aliphatic heterocycles. The quantitative estimate of drug-likeness (QED) is 0.910. The SMILES string of the molecule is CN1C(=O)CCc2cc(CCNC(=O)Cc3ccccc3F)ccc21. The zero-order valence-corrected chi connectivity index (χ0v) is 14.2. The van der Waals surface area contributed by atoms with E-state index in [1.54, 1.807) is 30.1 Å². The molecule has 0 aliphatic carbocycles. The molecule has 1 N–H and O–H groups in total. The number of rotatable bonds is 5. The molecule has 0 atom stereocenters. The first kappa shape index (κ1) is 17.1. The van der Waals surface area contributed by atoms with E-state index in [0.717, 1.165) is 23.2 Å². The average Bonchev–Trinajstić information content (AvgIpc) is 2.60. The summed E-state index contributed by atoms with van der Waals surface area (Å²) in [6.07, 6.45) is 2.04. The molecule has 5 heteroatoms. The van der Waals surface area contributed by atoms with Crippen LogP contribution in [0.4, 0.5) is 10.1 Å². The number of hydrogen-bond donors (Lipinski definition) is 1. The maximum Gasteiger partial charge on any atom is 0.227 e. The van der Waals surface area contributed by atoms with Crippen LogP contribution in [0.25, 0.3) is 0 Å². The number of anilines is 1. The molecular formula is C20H21FN2O2. The Morgan fingerprint density at radius 1 is 1.20 bits per heavy atom. The summed E-state index contributed by atoms with van der Waals surface area (Å²) in [6, 6.07) is 12.4. The highest BCUT2D eigenvalue weighted by molar-refractivity contribution is 5.95. The van der Waals surface area contributed by atoms with Gasteiger partial charge >= 0.3 is 0 Å². The van der Waals surface area contributed by atoms with E-state index in [1.807, 2.05) is 12.1 Å². The third kappa shape index (κ3) is 4.05. The van der Waals surface area contributed by atoms with Gasteiger partial charge in [-0.2, -0.15) is 0 Å². The molecule has 2 amide bonds. The summed E-state index contributed by atoms with van der Waals surface area (Å²) in [5.74, 6) is -0.403. The topological polar surface area (TPSA) is 49.4 Å². The summed E-state index contributed by atoms with van der Waals surface area (Å²) in [4.78, 5) is 25.4. The second-order valence-electron chi connectivity index (χ2n) is 6.28. The summed E-state index contributed by atoms with van der Waals surface area (Å²) in [5, 5.41) is 2.83. The lowest BCUT2D eigenvalue weighted by atomic mass is 9.98. The normalized spacial score (nSPS) is 13.5. The van der Waals surface area contributed by atoms with E-state index in [4.69, 9.17) is 0 Å². The van der Waals surface area contributed by atoms with E-state index in [9.17, 15) is 14.0 Å². The first-order valence-corrected chi connectivity index (χ1v) is 8.43. The molecule has 0 spiro atoms. The van der Waals surface area contributed by atoms with Crippen LogP contribution < -0.4 is 10.2 Å². The van der Waals surface area contributed by atoms with Gasteiger partial charge in [-0.3, -0.25) is 9.59 Å². The molecule has 0 fully saturated rings. The number of aryl methyl sites for hydroxylation is 1. The second kappa shape index (κ2) is 7.47. The molecule has 0 saturated heterocycles. The van der Waals surface area contributed by atoms with Crippen molar-refractivity contribution in [3.63, 3.8) is 0 Å². The van der Waals surface area contributed by atoms with Gasteiger partial charge in [0.2, 0.25) is 11.8 Å². The summed E-state index contributed by atoms with van der Waals surface area (Å²) >= 11 is 0. The Kier molecular flexibility index (Phi) is 5.12. The first-order chi connectivity index (χ1) is 12.0. The number of halogens is 1. The maximum atomic E-state index is 13.5. The smallest absolute Gasteiger partial charge is 0.227 e. The molecular weight excluding hydrogens is 319 g/mol. The summed E-state index contributed by atoms with van der Waals surface area (Å²) in [7, 11) is 1.79. The Labute approximate surface area is 146 Å². The minimum Gasteiger partial charge on any atom is -0.355 e. The van der Waals surface area contributed by atoms with Gasteiger partial charge < -0.3 is 10.2 Å². The van der Waals surface area contributed by atoms with Crippen molar-refractivity contribution in [3.8, 4) is 0 Å². The number of benzene rings is 2. The lowest BCUT2D eigenvalue weighted by Crippen LogP contribution is -2.31. The van der Waals surface area contributed by atoms with E-state index in [2.05, 4.69) is 11.4 Å². The van der Waals surface area contributed by atoms with Crippen molar-refractivity contribution in [1.82, 2.24) is 5.32 Å². The van der Waals surface area contributed by atoms with Crippen molar-refractivity contribution in [2.24, 2.45) is 0 Å². The van der Waals surface area contributed by atoms with Crippen LogP contribution in [0.5, 0.6) is 0 Å². The van der Waals surface area contributed by atoms with Gasteiger partial charge in [0, 0.05) is 25.7 Å². The van der Waals surface area contributed by atoms with Crippen molar-refractivity contribution in [1.29, 1.82) is 0 Å². The van der Waals surface area contributed by atoms with Gasteiger partial charge in [-0.25, -0.2) is 4.39 Å². The minimum absolute atomic E-state index is 0.0454. The number of nitrogens with zero attached hydrogens (tertiary/aromatic N) is 1. The lowest BCUT2D eigenvalue weighted by molar-refractivity contribution is -0.120. The molecule has 1 heterocycles. The summed E-state index contributed by atoms with van der Waals surface area (Å²) < 4.78 is 13.5. The van der Waals surface area contributed by atoms with E-state index >= 15 is 0 Å². The Bertz CT molecular complexity index is 804. The van der Waals surface area contributed by atoms with Gasteiger partial charge in [0.05, 0.1) is 6.42 Å². The molecule has 4 nitrogen and oxygen atoms in total. The summed E-state index contributed by atoms with van der Waals surface area (Å²) in [5.41, 5.74) is 3.65. The summed E-state index contributed by atoms with van der Waals surface area (Å²) in [6.45, 7) is 0.501. The van der Waals surface area contributed by atoms with E-state index < -0.39 is 0 Å². The molecule has 0 unspecified atom stereocenters. The Balaban J connectivity index is 1.53. The highest BCUT2D eigenvalue weighted by Crippen LogP contribution is 2.27. The lowest BCUT2D eigenvalue weighted by Gasteiger charge is -2.26. The third-order valence-corrected chi connectivity index (χ3v) is 4.53. The van der Waals surface area contributed by atoms with Gasteiger partial charge in [0.15, 0.2) is 0 Å². The van der Waals surface area contributed by atoms with Crippen LogP contribution in [0, 0.1) is 5.82 Å². The van der Waals surface area contributed by atoms with E-state index in [-0.39, 0.29) is 24.1 Å². The highest BCUT2D eigenvalue weighted by atomic mass is 19.1. The Morgan fingerprint density at radius 3 is 2.80 bits per heavy atom. The number of carbonyl (C=O) groups excluding carboxylic acids is 2. The van der Waals surface area contributed by atoms with Gasteiger partial charge in [-0.1, -0.05) is 30.3 Å². The molecule has 25 heavy (non-hydrogen) atoms. The maximum absolute atomic E-state index is 13.5. The largest absolute Gasteiger partial charge is 0.355 e. The zero-order valence-electron chi connectivity index (χ0n) is 14.2. The van der Waals surface area contributed by atoms with Crippen molar-refractivity contribution in [3.05, 3.63) is 65.0 Å². The van der Waals surface area contributed by atoms with Crippen molar-refractivity contribution >= 4 is 17.5 Å². The Morgan fingerprint density at radius 2 is 2.00 bits per heavy atom. The fourth-order valence-corrected chi connectivity index (χ4v) is 3.09. The third-order valence-electron chi connectivity index (χ3n) is 4.53. The molecule has 0 saturated carbocycles. The Hall–Kier alpha value is -2.69. The molecule has 0 bridgehead atoms.